The lowest BCUT2D eigenvalue weighted by molar-refractivity contribution is -0.137. The fourth-order valence-corrected chi connectivity index (χ4v) is 2.86. The summed E-state index contributed by atoms with van der Waals surface area (Å²) in [6.07, 6.45) is -0.691. The normalized spacial score (nSPS) is 14.9. The van der Waals surface area contributed by atoms with Gasteiger partial charge in [0.1, 0.15) is 0 Å². The molecule has 0 spiro atoms. The highest BCUT2D eigenvalue weighted by Gasteiger charge is 2.30. The van der Waals surface area contributed by atoms with E-state index in [9.17, 15) is 18.0 Å². The second-order valence-electron chi connectivity index (χ2n) is 6.17. The van der Waals surface area contributed by atoms with Crippen LogP contribution in [0.1, 0.15) is 12.0 Å². The summed E-state index contributed by atoms with van der Waals surface area (Å²) in [4.78, 5) is 24.5. The summed E-state index contributed by atoms with van der Waals surface area (Å²) in [5.41, 5.74) is -0.133. The Bertz CT molecular complexity index is 744. The van der Waals surface area contributed by atoms with Gasteiger partial charge in [-0.15, -0.1) is 0 Å². The first-order valence-electron chi connectivity index (χ1n) is 8.64. The molecule has 27 heavy (non-hydrogen) atoms. The molecule has 6 nitrogen and oxygen atoms in total. The largest absolute Gasteiger partial charge is 0.416 e. The Kier molecular flexibility index (Phi) is 5.78. The second-order valence-corrected chi connectivity index (χ2v) is 6.17. The van der Waals surface area contributed by atoms with Crippen LogP contribution in [0.2, 0.25) is 0 Å². The smallest absolute Gasteiger partial charge is 0.385 e. The SMILES string of the molecule is O=C(CCNc1ccc(C(F)(F)F)cc1)N1CCN(c2ncccn2)CC1. The van der Waals surface area contributed by atoms with E-state index in [4.69, 9.17) is 0 Å². The summed E-state index contributed by atoms with van der Waals surface area (Å²) in [5.74, 6) is 0.677. The molecule has 1 N–H and O–H groups in total. The van der Waals surface area contributed by atoms with Crippen LogP contribution in [0.15, 0.2) is 42.7 Å². The molecule has 1 aliphatic heterocycles. The molecule has 9 heteroatoms. The van der Waals surface area contributed by atoms with Gasteiger partial charge in [-0.05, 0) is 30.3 Å². The highest BCUT2D eigenvalue weighted by atomic mass is 19.4. The standard InChI is InChI=1S/C18H20F3N5O/c19-18(20,21)14-2-4-15(5-3-14)22-9-6-16(27)25-10-12-26(13-11-25)17-23-7-1-8-24-17/h1-5,7-8,22H,6,9-13H2. The molecular formula is C18H20F3N5O. The summed E-state index contributed by atoms with van der Waals surface area (Å²) in [5, 5.41) is 2.98. The van der Waals surface area contributed by atoms with Crippen molar-refractivity contribution in [2.45, 2.75) is 12.6 Å². The van der Waals surface area contributed by atoms with Gasteiger partial charge in [0.25, 0.3) is 0 Å². The number of alkyl halides is 3. The Labute approximate surface area is 155 Å². The Hall–Kier alpha value is -2.84. The molecule has 1 fully saturated rings. The maximum Gasteiger partial charge on any atom is 0.416 e. The molecule has 0 saturated carbocycles. The van der Waals surface area contributed by atoms with Crippen molar-refractivity contribution < 1.29 is 18.0 Å². The zero-order chi connectivity index (χ0) is 19.3. The van der Waals surface area contributed by atoms with Gasteiger partial charge >= 0.3 is 6.18 Å². The summed E-state index contributed by atoms with van der Waals surface area (Å²) < 4.78 is 37.6. The third kappa shape index (κ3) is 5.08. The van der Waals surface area contributed by atoms with E-state index in [1.54, 1.807) is 23.4 Å². The molecule has 1 amide bonds. The van der Waals surface area contributed by atoms with E-state index in [1.165, 1.54) is 12.1 Å². The number of amides is 1. The van der Waals surface area contributed by atoms with E-state index in [-0.39, 0.29) is 12.3 Å². The molecule has 1 aromatic carbocycles. The van der Waals surface area contributed by atoms with Gasteiger partial charge in [0.2, 0.25) is 11.9 Å². The zero-order valence-electron chi connectivity index (χ0n) is 14.6. The van der Waals surface area contributed by atoms with Crippen molar-refractivity contribution in [3.8, 4) is 0 Å². The molecule has 144 valence electrons. The lowest BCUT2D eigenvalue weighted by atomic mass is 10.2. The molecule has 0 atom stereocenters. The van der Waals surface area contributed by atoms with Crippen molar-refractivity contribution >= 4 is 17.5 Å². The third-order valence-electron chi connectivity index (χ3n) is 4.35. The van der Waals surface area contributed by atoms with Gasteiger partial charge in [-0.2, -0.15) is 13.2 Å². The van der Waals surface area contributed by atoms with Crippen LogP contribution in [0.25, 0.3) is 0 Å². The van der Waals surface area contributed by atoms with Crippen molar-refractivity contribution in [2.75, 3.05) is 42.9 Å². The summed E-state index contributed by atoms with van der Waals surface area (Å²) >= 11 is 0. The number of carbonyl (C=O) groups excluding carboxylic acids is 1. The van der Waals surface area contributed by atoms with E-state index in [0.29, 0.717) is 44.4 Å². The topological polar surface area (TPSA) is 61.4 Å². The van der Waals surface area contributed by atoms with Gasteiger partial charge in [-0.25, -0.2) is 9.97 Å². The Morgan fingerprint density at radius 2 is 1.67 bits per heavy atom. The fourth-order valence-electron chi connectivity index (χ4n) is 2.86. The molecule has 0 radical (unpaired) electrons. The average molecular weight is 379 g/mol. The number of nitrogens with one attached hydrogen (secondary N) is 1. The number of carbonyl (C=O) groups is 1. The summed E-state index contributed by atoms with van der Waals surface area (Å²) in [7, 11) is 0. The molecule has 2 heterocycles. The van der Waals surface area contributed by atoms with Crippen LogP contribution in [0.5, 0.6) is 0 Å². The Morgan fingerprint density at radius 3 is 2.26 bits per heavy atom. The first-order valence-corrected chi connectivity index (χ1v) is 8.64. The van der Waals surface area contributed by atoms with Gasteiger partial charge in [-0.1, -0.05) is 0 Å². The molecule has 2 aromatic rings. The summed E-state index contributed by atoms with van der Waals surface area (Å²) in [6.45, 7) is 2.89. The summed E-state index contributed by atoms with van der Waals surface area (Å²) in [6, 6.07) is 6.54. The highest BCUT2D eigenvalue weighted by Crippen LogP contribution is 2.29. The monoisotopic (exact) mass is 379 g/mol. The van der Waals surface area contributed by atoms with Crippen molar-refractivity contribution in [2.24, 2.45) is 0 Å². The van der Waals surface area contributed by atoms with Crippen molar-refractivity contribution in [1.82, 2.24) is 14.9 Å². The number of aromatic nitrogens is 2. The number of anilines is 2. The van der Waals surface area contributed by atoms with Gasteiger partial charge in [-0.3, -0.25) is 4.79 Å². The number of rotatable bonds is 5. The maximum atomic E-state index is 12.5. The fraction of sp³-hybridized carbons (Fsp3) is 0.389. The van der Waals surface area contributed by atoms with E-state index >= 15 is 0 Å². The van der Waals surface area contributed by atoms with Crippen molar-refractivity contribution in [3.63, 3.8) is 0 Å². The number of hydrogen-bond acceptors (Lipinski definition) is 5. The van der Waals surface area contributed by atoms with E-state index in [2.05, 4.69) is 15.3 Å². The predicted molar refractivity (Wildman–Crippen MR) is 95.4 cm³/mol. The molecule has 0 unspecified atom stereocenters. The number of piperazine rings is 1. The van der Waals surface area contributed by atoms with E-state index in [1.807, 2.05) is 4.90 Å². The predicted octanol–water partition coefficient (Wildman–Crippen LogP) is 2.65. The minimum atomic E-state index is -4.35. The molecule has 1 aliphatic rings. The lowest BCUT2D eigenvalue weighted by Crippen LogP contribution is -2.49. The first-order chi connectivity index (χ1) is 12.9. The van der Waals surface area contributed by atoms with Gasteiger partial charge in [0, 0.05) is 57.2 Å². The van der Waals surface area contributed by atoms with Crippen LogP contribution < -0.4 is 10.2 Å². The van der Waals surface area contributed by atoms with Crippen LogP contribution in [0.4, 0.5) is 24.8 Å². The van der Waals surface area contributed by atoms with Crippen molar-refractivity contribution in [3.05, 3.63) is 48.3 Å². The minimum Gasteiger partial charge on any atom is -0.385 e. The average Bonchev–Trinajstić information content (AvgIpc) is 2.68. The van der Waals surface area contributed by atoms with Crippen LogP contribution in [0.3, 0.4) is 0 Å². The molecule has 0 aliphatic carbocycles. The molecule has 3 rings (SSSR count). The molecule has 0 bridgehead atoms. The maximum absolute atomic E-state index is 12.5. The van der Waals surface area contributed by atoms with Gasteiger partial charge in [0.05, 0.1) is 5.56 Å². The zero-order valence-corrected chi connectivity index (χ0v) is 14.6. The first kappa shape index (κ1) is 18.9. The highest BCUT2D eigenvalue weighted by molar-refractivity contribution is 5.77. The van der Waals surface area contributed by atoms with Gasteiger partial charge in [0.15, 0.2) is 0 Å². The van der Waals surface area contributed by atoms with Crippen LogP contribution in [-0.2, 0) is 11.0 Å². The minimum absolute atomic E-state index is 0.0167. The van der Waals surface area contributed by atoms with Crippen LogP contribution in [-0.4, -0.2) is 53.5 Å². The van der Waals surface area contributed by atoms with E-state index in [0.717, 1.165) is 12.1 Å². The van der Waals surface area contributed by atoms with Gasteiger partial charge < -0.3 is 15.1 Å². The lowest BCUT2D eigenvalue weighted by Gasteiger charge is -2.34. The van der Waals surface area contributed by atoms with Crippen LogP contribution in [0, 0.1) is 0 Å². The van der Waals surface area contributed by atoms with E-state index < -0.39 is 11.7 Å². The molecular weight excluding hydrogens is 359 g/mol. The number of nitrogens with zero attached hydrogens (tertiary/aromatic N) is 4. The second kappa shape index (κ2) is 8.24. The number of benzene rings is 1. The third-order valence-corrected chi connectivity index (χ3v) is 4.35. The van der Waals surface area contributed by atoms with Crippen molar-refractivity contribution in [1.29, 1.82) is 0 Å². The number of halogens is 3. The molecule has 1 aromatic heterocycles. The Morgan fingerprint density at radius 1 is 1.04 bits per heavy atom. The number of hydrogen-bond donors (Lipinski definition) is 1. The Balaban J connectivity index is 1.41. The molecule has 1 saturated heterocycles. The quantitative estimate of drug-likeness (QED) is 0.866. The van der Waals surface area contributed by atoms with Crippen LogP contribution >= 0.6 is 0 Å².